The van der Waals surface area contributed by atoms with Crippen molar-refractivity contribution in [3.8, 4) is 5.75 Å². The molecule has 0 atom stereocenters. The number of nitrogens with one attached hydrogen (secondary N) is 1. The van der Waals surface area contributed by atoms with E-state index in [0.717, 1.165) is 18.2 Å². The van der Waals surface area contributed by atoms with Gasteiger partial charge in [-0.05, 0) is 36.8 Å². The zero-order valence-electron chi connectivity index (χ0n) is 11.1. The predicted molar refractivity (Wildman–Crippen MR) is 74.2 cm³/mol. The summed E-state index contributed by atoms with van der Waals surface area (Å²) in [5, 5.41) is 21.1. The summed E-state index contributed by atoms with van der Waals surface area (Å²) in [6, 6.07) is 7.55. The maximum atomic E-state index is 13.1. The smallest absolute Gasteiger partial charge is 0.338 e. The summed E-state index contributed by atoms with van der Waals surface area (Å²) in [6.07, 6.45) is 0. The Hall–Kier alpha value is -2.89. The highest BCUT2D eigenvalue weighted by Gasteiger charge is 2.17. The van der Waals surface area contributed by atoms with Crippen LogP contribution in [0.2, 0.25) is 0 Å². The van der Waals surface area contributed by atoms with Crippen LogP contribution in [0.5, 0.6) is 5.75 Å². The van der Waals surface area contributed by atoms with Crippen molar-refractivity contribution >= 4 is 17.6 Å². The topological polar surface area (TPSA) is 86.6 Å². The van der Waals surface area contributed by atoms with Gasteiger partial charge in [-0.15, -0.1) is 0 Å². The number of hydrogen-bond acceptors (Lipinski definition) is 3. The molecule has 6 heteroatoms. The number of benzene rings is 2. The first-order valence-electron chi connectivity index (χ1n) is 6.03. The van der Waals surface area contributed by atoms with Crippen molar-refractivity contribution in [3.63, 3.8) is 0 Å². The Morgan fingerprint density at radius 2 is 1.90 bits per heavy atom. The van der Waals surface area contributed by atoms with E-state index in [0.29, 0.717) is 5.56 Å². The normalized spacial score (nSPS) is 10.2. The van der Waals surface area contributed by atoms with Crippen LogP contribution in [0, 0.1) is 12.7 Å². The van der Waals surface area contributed by atoms with Crippen LogP contribution in [0.4, 0.5) is 10.1 Å². The number of amides is 1. The van der Waals surface area contributed by atoms with E-state index < -0.39 is 23.4 Å². The Balaban J connectivity index is 2.39. The lowest BCUT2D eigenvalue weighted by Crippen LogP contribution is -2.16. The summed E-state index contributed by atoms with van der Waals surface area (Å²) in [5.41, 5.74) is 0.231. The van der Waals surface area contributed by atoms with Crippen molar-refractivity contribution in [2.24, 2.45) is 0 Å². The van der Waals surface area contributed by atoms with Gasteiger partial charge in [-0.25, -0.2) is 9.18 Å². The van der Waals surface area contributed by atoms with E-state index in [1.807, 2.05) is 0 Å². The van der Waals surface area contributed by atoms with Gasteiger partial charge < -0.3 is 15.5 Å². The summed E-state index contributed by atoms with van der Waals surface area (Å²) >= 11 is 0. The zero-order chi connectivity index (χ0) is 15.6. The zero-order valence-corrected chi connectivity index (χ0v) is 11.1. The minimum atomic E-state index is -1.19. The lowest BCUT2D eigenvalue weighted by molar-refractivity contribution is 0.0697. The van der Waals surface area contributed by atoms with E-state index in [4.69, 9.17) is 5.11 Å². The number of phenols is 1. The number of halogens is 1. The van der Waals surface area contributed by atoms with Gasteiger partial charge in [0.05, 0.1) is 16.8 Å². The molecule has 0 spiro atoms. The van der Waals surface area contributed by atoms with Gasteiger partial charge in [0.15, 0.2) is 0 Å². The third kappa shape index (κ3) is 3.00. The van der Waals surface area contributed by atoms with E-state index >= 15 is 0 Å². The molecule has 0 unspecified atom stereocenters. The van der Waals surface area contributed by atoms with E-state index in [2.05, 4.69) is 5.32 Å². The molecule has 2 aromatic rings. The fourth-order valence-electron chi connectivity index (χ4n) is 1.94. The lowest BCUT2D eigenvalue weighted by atomic mass is 10.1. The molecule has 1 amide bonds. The molecule has 2 rings (SSSR count). The summed E-state index contributed by atoms with van der Waals surface area (Å²) in [7, 11) is 0. The third-order valence-corrected chi connectivity index (χ3v) is 2.94. The van der Waals surface area contributed by atoms with Crippen LogP contribution in [0.25, 0.3) is 0 Å². The number of aromatic hydroxyl groups is 1. The second kappa shape index (κ2) is 5.62. The molecule has 21 heavy (non-hydrogen) atoms. The Morgan fingerprint density at radius 3 is 2.57 bits per heavy atom. The van der Waals surface area contributed by atoms with E-state index in [1.54, 1.807) is 19.1 Å². The Kier molecular flexibility index (Phi) is 3.89. The fourth-order valence-corrected chi connectivity index (χ4v) is 1.94. The summed E-state index contributed by atoms with van der Waals surface area (Å²) in [4.78, 5) is 23.3. The van der Waals surface area contributed by atoms with Crippen molar-refractivity contribution in [2.75, 3.05) is 5.32 Å². The van der Waals surface area contributed by atoms with Crippen molar-refractivity contribution in [1.82, 2.24) is 0 Å². The number of phenolic OH excluding ortho intramolecular Hbond substituents is 1. The summed E-state index contributed by atoms with van der Waals surface area (Å²) in [6.45, 7) is 1.60. The molecule has 0 heterocycles. The monoisotopic (exact) mass is 289 g/mol. The van der Waals surface area contributed by atoms with E-state index in [9.17, 15) is 19.1 Å². The van der Waals surface area contributed by atoms with E-state index in [-0.39, 0.29) is 16.8 Å². The molecule has 0 saturated carbocycles. The number of carboxylic acids is 1. The number of carboxylic acid groups (broad SMARTS) is 1. The summed E-state index contributed by atoms with van der Waals surface area (Å²) in [5.74, 6) is -3.05. The van der Waals surface area contributed by atoms with Crippen molar-refractivity contribution < 1.29 is 24.2 Å². The Morgan fingerprint density at radius 1 is 1.19 bits per heavy atom. The van der Waals surface area contributed by atoms with Crippen LogP contribution in [-0.2, 0) is 0 Å². The number of carbonyl (C=O) groups excluding carboxylic acids is 1. The third-order valence-electron chi connectivity index (χ3n) is 2.94. The first-order chi connectivity index (χ1) is 9.90. The molecule has 3 N–H and O–H groups in total. The van der Waals surface area contributed by atoms with Gasteiger partial charge in [0.1, 0.15) is 11.6 Å². The first kappa shape index (κ1) is 14.5. The van der Waals surface area contributed by atoms with Gasteiger partial charge in [0.2, 0.25) is 0 Å². The molecule has 0 aliphatic heterocycles. The average Bonchev–Trinajstić information content (AvgIpc) is 2.41. The number of rotatable bonds is 3. The van der Waals surface area contributed by atoms with Crippen molar-refractivity contribution in [3.05, 3.63) is 58.9 Å². The van der Waals surface area contributed by atoms with Gasteiger partial charge in [-0.3, -0.25) is 4.79 Å². The minimum Gasteiger partial charge on any atom is -0.507 e. The quantitative estimate of drug-likeness (QED) is 0.811. The molecule has 0 radical (unpaired) electrons. The SMILES string of the molecule is Cc1cccc(NC(=O)c2cc(F)ccc2O)c1C(=O)O. The van der Waals surface area contributed by atoms with Gasteiger partial charge in [-0.2, -0.15) is 0 Å². The Bertz CT molecular complexity index is 728. The van der Waals surface area contributed by atoms with Crippen molar-refractivity contribution in [1.29, 1.82) is 0 Å². The van der Waals surface area contributed by atoms with E-state index in [1.165, 1.54) is 6.07 Å². The lowest BCUT2D eigenvalue weighted by Gasteiger charge is -2.11. The first-order valence-corrected chi connectivity index (χ1v) is 6.03. The molecule has 0 fully saturated rings. The maximum absolute atomic E-state index is 13.1. The number of carbonyl (C=O) groups is 2. The second-order valence-electron chi connectivity index (χ2n) is 4.42. The molecule has 0 bridgehead atoms. The highest BCUT2D eigenvalue weighted by molar-refractivity contribution is 6.09. The molecular formula is C15H12FNO4. The second-order valence-corrected chi connectivity index (χ2v) is 4.42. The largest absolute Gasteiger partial charge is 0.507 e. The van der Waals surface area contributed by atoms with Gasteiger partial charge in [0.25, 0.3) is 5.91 Å². The molecule has 108 valence electrons. The van der Waals surface area contributed by atoms with Crippen LogP contribution >= 0.6 is 0 Å². The van der Waals surface area contributed by atoms with Crippen LogP contribution < -0.4 is 5.32 Å². The molecule has 2 aromatic carbocycles. The van der Waals surface area contributed by atoms with Crippen LogP contribution in [0.3, 0.4) is 0 Å². The fraction of sp³-hybridized carbons (Fsp3) is 0.0667. The molecule has 0 saturated heterocycles. The molecular weight excluding hydrogens is 277 g/mol. The van der Waals surface area contributed by atoms with Crippen LogP contribution in [-0.4, -0.2) is 22.1 Å². The molecule has 0 aliphatic carbocycles. The van der Waals surface area contributed by atoms with Gasteiger partial charge in [-0.1, -0.05) is 12.1 Å². The van der Waals surface area contributed by atoms with Crippen LogP contribution in [0.1, 0.15) is 26.3 Å². The number of aryl methyl sites for hydroxylation is 1. The Labute approximate surface area is 119 Å². The highest BCUT2D eigenvalue weighted by atomic mass is 19.1. The minimum absolute atomic E-state index is 0.0539. The predicted octanol–water partition coefficient (Wildman–Crippen LogP) is 2.79. The average molecular weight is 289 g/mol. The maximum Gasteiger partial charge on any atom is 0.338 e. The van der Waals surface area contributed by atoms with Gasteiger partial charge in [0, 0.05) is 0 Å². The molecule has 0 aliphatic rings. The number of hydrogen-bond donors (Lipinski definition) is 3. The van der Waals surface area contributed by atoms with Crippen molar-refractivity contribution in [2.45, 2.75) is 6.92 Å². The molecule has 5 nitrogen and oxygen atoms in total. The number of anilines is 1. The standard InChI is InChI=1S/C15H12FNO4/c1-8-3-2-4-11(13(8)15(20)21)17-14(19)10-7-9(16)5-6-12(10)18/h2-7,18H,1H3,(H,17,19)(H,20,21). The number of aromatic carboxylic acids is 1. The van der Waals surface area contributed by atoms with Gasteiger partial charge >= 0.3 is 5.97 Å². The van der Waals surface area contributed by atoms with Crippen LogP contribution in [0.15, 0.2) is 36.4 Å². The highest BCUT2D eigenvalue weighted by Crippen LogP contribution is 2.23. The molecule has 0 aromatic heterocycles. The summed E-state index contributed by atoms with van der Waals surface area (Å²) < 4.78 is 13.1.